The molecule has 5 heterocycles. The largest absolute Gasteiger partial charge is 0.338 e. The van der Waals surface area contributed by atoms with Gasteiger partial charge >= 0.3 is 6.03 Å². The number of rotatable bonds is 4. The predicted molar refractivity (Wildman–Crippen MR) is 261 cm³/mol. The number of anilines is 4. The Morgan fingerprint density at radius 1 is 0.387 bits per heavy atom. The number of carbonyl (C=O) groups is 1. The van der Waals surface area contributed by atoms with Crippen LogP contribution >= 0.6 is 0 Å². The fourth-order valence-electron chi connectivity index (χ4n) is 11.7. The van der Waals surface area contributed by atoms with Crippen molar-refractivity contribution in [3.8, 4) is 11.4 Å². The van der Waals surface area contributed by atoms with Gasteiger partial charge in [-0.2, -0.15) is 0 Å². The molecule has 0 spiro atoms. The van der Waals surface area contributed by atoms with Crippen LogP contribution in [0.1, 0.15) is 22.3 Å². The highest BCUT2D eigenvalue weighted by Gasteiger charge is 2.52. The minimum atomic E-state index is -0.154. The van der Waals surface area contributed by atoms with Crippen LogP contribution in [0.15, 0.2) is 170 Å². The summed E-state index contributed by atoms with van der Waals surface area (Å²) in [5, 5.41) is 4.35. The lowest BCUT2D eigenvalue weighted by Gasteiger charge is -2.46. The van der Waals surface area contributed by atoms with Gasteiger partial charge in [0.25, 0.3) is 13.4 Å². The summed E-state index contributed by atoms with van der Waals surface area (Å²) in [7, 11) is 0. The van der Waals surface area contributed by atoms with E-state index >= 15 is 4.79 Å². The van der Waals surface area contributed by atoms with Gasteiger partial charge < -0.3 is 9.13 Å². The molecule has 2 amide bonds. The molecule has 3 aliphatic rings. The van der Waals surface area contributed by atoms with Gasteiger partial charge in [0.1, 0.15) is 0 Å². The molecule has 8 aromatic carbocycles. The molecule has 62 heavy (non-hydrogen) atoms. The summed E-state index contributed by atoms with van der Waals surface area (Å²) in [6, 6.07) is 61.1. The van der Waals surface area contributed by atoms with Crippen LogP contribution in [0, 0.1) is 27.7 Å². The normalized spacial score (nSPS) is 13.7. The summed E-state index contributed by atoms with van der Waals surface area (Å²) in [6.07, 6.45) is 0. The van der Waals surface area contributed by atoms with Crippen molar-refractivity contribution >= 4 is 108 Å². The van der Waals surface area contributed by atoms with Crippen molar-refractivity contribution in [2.45, 2.75) is 27.7 Å². The first kappa shape index (κ1) is 35.3. The van der Waals surface area contributed by atoms with Gasteiger partial charge in [0.15, 0.2) is 0 Å². The molecule has 10 aromatic rings. The quantitative estimate of drug-likeness (QED) is 0.164. The van der Waals surface area contributed by atoms with Crippen LogP contribution in [0.3, 0.4) is 0 Å². The molecule has 3 aliphatic heterocycles. The fraction of sp³-hybridized carbons (Fsp3) is 0.0727. The highest BCUT2D eigenvalue weighted by Crippen LogP contribution is 2.51. The van der Waals surface area contributed by atoms with Crippen LogP contribution < -0.4 is 42.8 Å². The third kappa shape index (κ3) is 4.47. The summed E-state index contributed by atoms with van der Waals surface area (Å²) in [5.74, 6) is 0. The highest BCUT2D eigenvalue weighted by atomic mass is 16.2. The molecule has 0 saturated heterocycles. The van der Waals surface area contributed by atoms with Crippen molar-refractivity contribution in [1.29, 1.82) is 0 Å². The lowest BCUT2D eigenvalue weighted by atomic mass is 9.34. The topological polar surface area (TPSA) is 33.4 Å². The predicted octanol–water partition coefficient (Wildman–Crippen LogP) is 9.03. The van der Waals surface area contributed by atoms with Gasteiger partial charge in [-0.1, -0.05) is 167 Å². The SMILES string of the molecule is Cc1cccc(C)c1B1c2ccc3ccc4c5c3c2N(C(=O)N5c2c(n(-c3ccccc3)c3ccccc23)B4c2c(C)cccc2C)c2c1n(-c1ccccc1)c1ccccc21. The van der Waals surface area contributed by atoms with Crippen LogP contribution in [-0.4, -0.2) is 28.6 Å². The second-order valence-electron chi connectivity index (χ2n) is 17.4. The van der Waals surface area contributed by atoms with E-state index in [2.05, 4.69) is 216 Å². The minimum Gasteiger partial charge on any atom is -0.319 e. The maximum atomic E-state index is 16.7. The molecule has 0 unspecified atom stereocenters. The van der Waals surface area contributed by atoms with Crippen molar-refractivity contribution in [2.75, 3.05) is 9.80 Å². The van der Waals surface area contributed by atoms with Gasteiger partial charge in [-0.15, -0.1) is 0 Å². The molecule has 7 heteroatoms. The first-order chi connectivity index (χ1) is 30.4. The molecular formula is C55H40B2N4O. The fourth-order valence-corrected chi connectivity index (χ4v) is 11.7. The van der Waals surface area contributed by atoms with Crippen molar-refractivity contribution in [2.24, 2.45) is 0 Å². The number of hydrogen-bond donors (Lipinski definition) is 0. The van der Waals surface area contributed by atoms with Crippen LogP contribution in [0.5, 0.6) is 0 Å². The lowest BCUT2D eigenvalue weighted by molar-refractivity contribution is 0.255. The summed E-state index contributed by atoms with van der Waals surface area (Å²) in [6.45, 7) is 8.65. The van der Waals surface area contributed by atoms with E-state index in [-0.39, 0.29) is 19.5 Å². The second-order valence-corrected chi connectivity index (χ2v) is 17.4. The summed E-state index contributed by atoms with van der Waals surface area (Å²) in [4.78, 5) is 20.9. The van der Waals surface area contributed by atoms with Gasteiger partial charge in [-0.05, 0) is 80.4 Å². The lowest BCUT2D eigenvalue weighted by Crippen LogP contribution is -2.66. The van der Waals surface area contributed by atoms with Crippen molar-refractivity contribution in [3.05, 3.63) is 192 Å². The van der Waals surface area contributed by atoms with Crippen molar-refractivity contribution in [3.63, 3.8) is 0 Å². The Kier molecular flexibility index (Phi) is 7.26. The van der Waals surface area contributed by atoms with E-state index in [1.165, 1.54) is 33.2 Å². The average Bonchev–Trinajstić information content (AvgIpc) is 3.82. The molecule has 5 nitrogen and oxygen atoms in total. The first-order valence-electron chi connectivity index (χ1n) is 21.7. The van der Waals surface area contributed by atoms with Crippen LogP contribution in [0.25, 0.3) is 44.0 Å². The zero-order chi connectivity index (χ0) is 41.5. The molecule has 0 atom stereocenters. The van der Waals surface area contributed by atoms with E-state index < -0.39 is 0 Å². The van der Waals surface area contributed by atoms with Gasteiger partial charge in [-0.3, -0.25) is 9.80 Å². The number of urea groups is 1. The molecule has 0 saturated carbocycles. The summed E-state index contributed by atoms with van der Waals surface area (Å²) >= 11 is 0. The molecule has 0 radical (unpaired) electrons. The Morgan fingerprint density at radius 2 is 0.774 bits per heavy atom. The number of benzene rings is 8. The van der Waals surface area contributed by atoms with E-state index in [1.54, 1.807) is 0 Å². The summed E-state index contributed by atoms with van der Waals surface area (Å²) < 4.78 is 4.85. The third-order valence-corrected chi connectivity index (χ3v) is 14.1. The van der Waals surface area contributed by atoms with Crippen molar-refractivity contribution < 1.29 is 4.79 Å². The maximum Gasteiger partial charge on any atom is 0.338 e. The van der Waals surface area contributed by atoms with Gasteiger partial charge in [0.05, 0.1) is 33.8 Å². The molecule has 0 N–H and O–H groups in total. The average molecular weight is 795 g/mol. The van der Waals surface area contributed by atoms with Gasteiger partial charge in [0.2, 0.25) is 0 Å². The number of nitrogens with zero attached hydrogens (tertiary/aromatic N) is 4. The number of carbonyl (C=O) groups excluding carboxylic acids is 1. The van der Waals surface area contributed by atoms with Crippen LogP contribution in [0.2, 0.25) is 0 Å². The monoisotopic (exact) mass is 794 g/mol. The van der Waals surface area contributed by atoms with Crippen LogP contribution in [-0.2, 0) is 0 Å². The molecule has 13 rings (SSSR count). The van der Waals surface area contributed by atoms with Gasteiger partial charge in [0, 0.05) is 38.7 Å². The van der Waals surface area contributed by atoms with E-state index in [0.717, 1.165) is 88.8 Å². The number of aromatic nitrogens is 2. The number of para-hydroxylation sites is 4. The molecule has 0 fully saturated rings. The first-order valence-corrected chi connectivity index (χ1v) is 21.7. The van der Waals surface area contributed by atoms with E-state index in [4.69, 9.17) is 0 Å². The number of fused-ring (bicyclic) bond motifs is 8. The van der Waals surface area contributed by atoms with E-state index in [9.17, 15) is 0 Å². The summed E-state index contributed by atoms with van der Waals surface area (Å²) in [5.41, 5.74) is 20.2. The molecular weight excluding hydrogens is 754 g/mol. The molecule has 2 aromatic heterocycles. The van der Waals surface area contributed by atoms with Crippen LogP contribution in [0.4, 0.5) is 27.5 Å². The zero-order valence-electron chi connectivity index (χ0n) is 35.0. The van der Waals surface area contributed by atoms with E-state index in [1.807, 2.05) is 0 Å². The third-order valence-electron chi connectivity index (χ3n) is 14.1. The molecule has 0 bridgehead atoms. The minimum absolute atomic E-state index is 0.0620. The number of hydrogen-bond acceptors (Lipinski definition) is 1. The zero-order valence-corrected chi connectivity index (χ0v) is 35.0. The molecule has 292 valence electrons. The standard InChI is InChI=1S/C55H40B2N4O/c1-33-17-15-18-34(2)47(33)56-42-31-29-37-30-32-43-52-46(37)51(42)60(49-40-25-11-13-27-44(40)58(53(49)56)38-21-7-5-8-22-38)55(62)61(52)50-41-26-12-14-28-45(41)59(39-23-9-6-10-24-39)54(50)57(43)48-35(3)19-16-20-36(48)4/h5-32H,1-4H3. The van der Waals surface area contributed by atoms with Gasteiger partial charge in [-0.25, -0.2) is 4.79 Å². The maximum absolute atomic E-state index is 16.7. The Balaban J connectivity index is 1.24. The van der Waals surface area contributed by atoms with E-state index in [0.29, 0.717) is 0 Å². The van der Waals surface area contributed by atoms with Crippen molar-refractivity contribution in [1.82, 2.24) is 9.13 Å². The Labute approximate surface area is 361 Å². The Bertz CT molecular complexity index is 3300. The Morgan fingerprint density at radius 3 is 1.19 bits per heavy atom. The second kappa shape index (κ2) is 12.8. The Hall–Kier alpha value is -7.50. The number of aryl methyl sites for hydroxylation is 4. The molecule has 0 aliphatic carbocycles. The highest BCUT2D eigenvalue weighted by molar-refractivity contribution is 7.00. The smallest absolute Gasteiger partial charge is 0.319 e. The number of amides is 2.